The lowest BCUT2D eigenvalue weighted by atomic mass is 9.95. The van der Waals surface area contributed by atoms with Crippen LogP contribution in [0.15, 0.2) is 105 Å². The Kier molecular flexibility index (Phi) is 16.3. The van der Waals surface area contributed by atoms with Crippen molar-refractivity contribution in [2.75, 3.05) is 13.2 Å². The van der Waals surface area contributed by atoms with E-state index in [1.807, 2.05) is 26.0 Å². The molecule has 0 aliphatic rings. The van der Waals surface area contributed by atoms with Crippen LogP contribution in [0, 0.1) is 0 Å². The second-order valence-corrected chi connectivity index (χ2v) is 17.7. The molecule has 0 bridgehead atoms. The molecule has 270 valence electrons. The Balaban J connectivity index is 1.13. The molecule has 0 heterocycles. The van der Waals surface area contributed by atoms with Crippen molar-refractivity contribution in [1.82, 2.24) is 0 Å². The number of benzene rings is 4. The first kappa shape index (κ1) is 41.0. The fraction of sp³-hybridized carbons (Fsp3) is 0.400. The number of aryl methyl sites for hydroxylation is 4. The van der Waals surface area contributed by atoms with E-state index < -0.39 is 19.3 Å². The predicted molar refractivity (Wildman–Crippen MR) is 215 cm³/mol. The van der Waals surface area contributed by atoms with E-state index >= 15 is 0 Å². The van der Waals surface area contributed by atoms with E-state index in [2.05, 4.69) is 86.6 Å². The third-order valence-corrected chi connectivity index (χ3v) is 12.0. The molecule has 0 amide bonds. The van der Waals surface area contributed by atoms with Crippen LogP contribution in [0.3, 0.4) is 0 Å². The Morgan fingerprint density at radius 2 is 1.04 bits per heavy atom. The lowest BCUT2D eigenvalue weighted by molar-refractivity contribution is 0.156. The minimum Gasteiger partial charge on any atom is -0.323 e. The molecular weight excluding hydrogens is 722 g/mol. The molecule has 4 rings (SSSR count). The second kappa shape index (κ2) is 19.9. The van der Waals surface area contributed by atoms with Gasteiger partial charge in [0.2, 0.25) is 0 Å². The van der Waals surface area contributed by atoms with Crippen LogP contribution in [-0.4, -0.2) is 24.3 Å². The largest absolute Gasteiger partial charge is 0.323 e. The molecule has 0 unspecified atom stereocenters. The number of nitrogens with two attached hydrogens (primary N) is 2. The molecule has 0 aromatic heterocycles. The number of hydrogen-bond donors (Lipinski definition) is 2. The molecular formula is C40H51Cl2N2O3PS2. The van der Waals surface area contributed by atoms with Crippen LogP contribution in [0.1, 0.15) is 75.6 Å². The zero-order valence-corrected chi connectivity index (χ0v) is 33.8. The molecule has 0 spiro atoms. The minimum atomic E-state index is -2.75. The summed E-state index contributed by atoms with van der Waals surface area (Å²) in [4.78, 5) is 4.64. The molecule has 0 aliphatic carbocycles. The van der Waals surface area contributed by atoms with E-state index in [1.54, 1.807) is 23.5 Å². The summed E-state index contributed by atoms with van der Waals surface area (Å²) >= 11 is 16.7. The standard InChI is InChI=1S/C40H51Cl2N2O3PS2/c1-5-29-11-7-15-33(23-29)49-35-19-17-31(37(41)25-35)13-9-21-39(3,43)27-46-48(45)47-28-40(4,44)22-10-14-32-18-20-36(26-38(32)42)50-34-16-8-12-30(6-2)24-34/h7-8,11-12,15-20,23-26,48H,5-6,9-10,13-14,21-22,27-28,43-44H2,1-4H3/t39-,40-/m1/s1. The van der Waals surface area contributed by atoms with Gasteiger partial charge in [-0.05, 0) is 136 Å². The summed E-state index contributed by atoms with van der Waals surface area (Å²) in [6.07, 6.45) is 6.62. The highest BCUT2D eigenvalue weighted by atomic mass is 35.5. The summed E-state index contributed by atoms with van der Waals surface area (Å²) < 4.78 is 23.7. The smallest absolute Gasteiger partial charge is 0.319 e. The molecule has 0 saturated carbocycles. The Morgan fingerprint density at radius 3 is 1.42 bits per heavy atom. The first-order valence-electron chi connectivity index (χ1n) is 17.3. The topological polar surface area (TPSA) is 87.6 Å². The van der Waals surface area contributed by atoms with Gasteiger partial charge in [0.1, 0.15) is 0 Å². The van der Waals surface area contributed by atoms with Crippen LogP contribution in [0.2, 0.25) is 10.0 Å². The summed E-state index contributed by atoms with van der Waals surface area (Å²) in [7, 11) is -2.75. The van der Waals surface area contributed by atoms with Gasteiger partial charge in [0.25, 0.3) is 0 Å². The molecule has 0 radical (unpaired) electrons. The Morgan fingerprint density at radius 1 is 0.640 bits per heavy atom. The Hall–Kier alpha value is -1.77. The predicted octanol–water partition coefficient (Wildman–Crippen LogP) is 11.6. The lowest BCUT2D eigenvalue weighted by Crippen LogP contribution is -2.41. The SMILES string of the molecule is CCc1cccc(Sc2ccc(CCC[C@@](C)(N)CO[PH](=O)OC[C@](C)(N)CCCc3ccc(Sc4cccc(CC)c4)cc3Cl)c(Cl)c2)c1. The molecule has 4 aromatic rings. The van der Waals surface area contributed by atoms with Crippen LogP contribution < -0.4 is 11.5 Å². The van der Waals surface area contributed by atoms with Crippen molar-refractivity contribution < 1.29 is 13.6 Å². The third kappa shape index (κ3) is 14.0. The van der Waals surface area contributed by atoms with Crippen molar-refractivity contribution in [3.8, 4) is 0 Å². The fourth-order valence-corrected chi connectivity index (χ4v) is 9.06. The van der Waals surface area contributed by atoms with Gasteiger partial charge in [-0.2, -0.15) is 0 Å². The van der Waals surface area contributed by atoms with Crippen molar-refractivity contribution in [3.63, 3.8) is 0 Å². The zero-order valence-electron chi connectivity index (χ0n) is 29.6. The molecule has 0 saturated heterocycles. The van der Waals surface area contributed by atoms with Crippen LogP contribution >= 0.6 is 55.0 Å². The van der Waals surface area contributed by atoms with Crippen molar-refractivity contribution >= 4 is 55.0 Å². The highest BCUT2D eigenvalue weighted by molar-refractivity contribution is 7.99. The third-order valence-electron chi connectivity index (χ3n) is 8.56. The average molecular weight is 774 g/mol. The number of hydrogen-bond acceptors (Lipinski definition) is 7. The fourth-order valence-electron chi connectivity index (χ4n) is 5.52. The quantitative estimate of drug-likeness (QED) is 0.0865. The molecule has 4 aromatic carbocycles. The second-order valence-electron chi connectivity index (χ2n) is 13.6. The Bertz CT molecular complexity index is 1600. The van der Waals surface area contributed by atoms with Crippen LogP contribution in [0.25, 0.3) is 0 Å². The summed E-state index contributed by atoms with van der Waals surface area (Å²) in [5.41, 5.74) is 16.5. The molecule has 10 heteroatoms. The van der Waals surface area contributed by atoms with Gasteiger partial charge in [-0.3, -0.25) is 4.57 Å². The summed E-state index contributed by atoms with van der Waals surface area (Å²) in [6.45, 7) is 8.38. The first-order valence-corrected chi connectivity index (χ1v) is 20.9. The van der Waals surface area contributed by atoms with Gasteiger partial charge < -0.3 is 20.5 Å². The molecule has 2 atom stereocenters. The summed E-state index contributed by atoms with van der Waals surface area (Å²) in [5, 5.41) is 1.51. The van der Waals surface area contributed by atoms with E-state index in [0.717, 1.165) is 69.5 Å². The highest BCUT2D eigenvalue weighted by Crippen LogP contribution is 2.34. The molecule has 5 nitrogen and oxygen atoms in total. The van der Waals surface area contributed by atoms with Gasteiger partial charge in [-0.1, -0.05) is 97.0 Å². The molecule has 0 fully saturated rings. The van der Waals surface area contributed by atoms with Crippen molar-refractivity contribution in [2.45, 2.75) is 110 Å². The van der Waals surface area contributed by atoms with Crippen molar-refractivity contribution in [2.24, 2.45) is 11.5 Å². The highest BCUT2D eigenvalue weighted by Gasteiger charge is 2.23. The maximum absolute atomic E-state index is 12.6. The van der Waals surface area contributed by atoms with Crippen LogP contribution in [0.5, 0.6) is 0 Å². The van der Waals surface area contributed by atoms with Gasteiger partial charge in [0, 0.05) is 40.7 Å². The van der Waals surface area contributed by atoms with Gasteiger partial charge in [-0.25, -0.2) is 0 Å². The zero-order chi connectivity index (χ0) is 36.1. The maximum Gasteiger partial charge on any atom is 0.319 e. The van der Waals surface area contributed by atoms with E-state index in [1.165, 1.54) is 20.9 Å². The van der Waals surface area contributed by atoms with E-state index in [-0.39, 0.29) is 13.2 Å². The van der Waals surface area contributed by atoms with Crippen molar-refractivity contribution in [3.05, 3.63) is 117 Å². The van der Waals surface area contributed by atoms with E-state index in [0.29, 0.717) is 12.8 Å². The average Bonchev–Trinajstić information content (AvgIpc) is 3.08. The molecule has 4 N–H and O–H groups in total. The van der Waals surface area contributed by atoms with Crippen LogP contribution in [0.4, 0.5) is 0 Å². The van der Waals surface area contributed by atoms with Crippen LogP contribution in [-0.2, 0) is 39.3 Å². The van der Waals surface area contributed by atoms with Gasteiger partial charge in [0.15, 0.2) is 0 Å². The van der Waals surface area contributed by atoms with Gasteiger partial charge in [0.05, 0.1) is 13.2 Å². The number of halogens is 2. The minimum absolute atomic E-state index is 0.128. The molecule has 50 heavy (non-hydrogen) atoms. The van der Waals surface area contributed by atoms with Crippen molar-refractivity contribution in [1.29, 1.82) is 0 Å². The molecule has 0 aliphatic heterocycles. The summed E-state index contributed by atoms with van der Waals surface area (Å²) in [6, 6.07) is 29.6. The van der Waals surface area contributed by atoms with E-state index in [4.69, 9.17) is 43.7 Å². The first-order chi connectivity index (χ1) is 23.8. The van der Waals surface area contributed by atoms with Gasteiger partial charge >= 0.3 is 8.25 Å². The normalized spacial score (nSPS) is 14.1. The van der Waals surface area contributed by atoms with Gasteiger partial charge in [-0.15, -0.1) is 0 Å². The maximum atomic E-state index is 12.6. The summed E-state index contributed by atoms with van der Waals surface area (Å²) in [5.74, 6) is 0. The Labute approximate surface area is 318 Å². The van der Waals surface area contributed by atoms with E-state index in [9.17, 15) is 4.57 Å². The monoisotopic (exact) mass is 772 g/mol. The lowest BCUT2D eigenvalue weighted by Gasteiger charge is -2.26. The number of rotatable bonds is 20.